The van der Waals surface area contributed by atoms with Crippen LogP contribution >= 0.6 is 0 Å². The van der Waals surface area contributed by atoms with Crippen LogP contribution in [0.5, 0.6) is 5.75 Å². The van der Waals surface area contributed by atoms with Gasteiger partial charge in [-0.1, -0.05) is 36.8 Å². The summed E-state index contributed by atoms with van der Waals surface area (Å²) in [6.45, 7) is 2.23. The van der Waals surface area contributed by atoms with Gasteiger partial charge in [-0.2, -0.15) is 5.10 Å². The molecule has 0 radical (unpaired) electrons. The van der Waals surface area contributed by atoms with Crippen molar-refractivity contribution in [1.82, 2.24) is 9.91 Å². The number of carbonyl (C=O) groups is 1. The number of hydrogen-bond acceptors (Lipinski definition) is 4. The smallest absolute Gasteiger partial charge is 0.257 e. The Labute approximate surface area is 170 Å². The third-order valence-corrected chi connectivity index (χ3v) is 5.66. The lowest BCUT2D eigenvalue weighted by molar-refractivity contribution is -0.134. The first-order valence-electron chi connectivity index (χ1n) is 10.2. The minimum Gasteiger partial charge on any atom is -0.497 e. The molecule has 29 heavy (non-hydrogen) atoms. The predicted molar refractivity (Wildman–Crippen MR) is 110 cm³/mol. The van der Waals surface area contributed by atoms with Gasteiger partial charge < -0.3 is 4.74 Å². The quantitative estimate of drug-likeness (QED) is 0.769. The predicted octanol–water partition coefficient (Wildman–Crippen LogP) is 4.00. The van der Waals surface area contributed by atoms with Gasteiger partial charge in [0.1, 0.15) is 11.6 Å². The SMILES string of the molecule is COc1ccc([C@H]2CC(c3ccccc3F)=NN2C(=O)CN2CCCCC2)cc1. The van der Waals surface area contributed by atoms with E-state index in [0.29, 0.717) is 24.2 Å². The fourth-order valence-corrected chi connectivity index (χ4v) is 4.07. The van der Waals surface area contributed by atoms with Gasteiger partial charge in [-0.15, -0.1) is 0 Å². The summed E-state index contributed by atoms with van der Waals surface area (Å²) in [4.78, 5) is 15.3. The molecular weight excluding hydrogens is 369 g/mol. The van der Waals surface area contributed by atoms with Crippen LogP contribution in [0.15, 0.2) is 53.6 Å². The number of rotatable bonds is 5. The lowest BCUT2D eigenvalue weighted by Crippen LogP contribution is -2.40. The maximum atomic E-state index is 14.4. The third-order valence-electron chi connectivity index (χ3n) is 5.66. The molecule has 1 amide bonds. The van der Waals surface area contributed by atoms with Crippen molar-refractivity contribution in [2.45, 2.75) is 31.7 Å². The van der Waals surface area contributed by atoms with Crippen LogP contribution in [0.25, 0.3) is 0 Å². The summed E-state index contributed by atoms with van der Waals surface area (Å²) in [5, 5.41) is 6.14. The first kappa shape index (κ1) is 19.6. The van der Waals surface area contributed by atoms with Crippen molar-refractivity contribution in [1.29, 1.82) is 0 Å². The fraction of sp³-hybridized carbons (Fsp3) is 0.391. The van der Waals surface area contributed by atoms with Crippen LogP contribution in [-0.4, -0.2) is 48.3 Å². The molecule has 0 unspecified atom stereocenters. The molecule has 0 aromatic heterocycles. The van der Waals surface area contributed by atoms with Crippen molar-refractivity contribution in [2.24, 2.45) is 5.10 Å². The molecule has 5 nitrogen and oxygen atoms in total. The van der Waals surface area contributed by atoms with Gasteiger partial charge in [0.15, 0.2) is 0 Å². The average molecular weight is 395 g/mol. The molecule has 2 aliphatic heterocycles. The zero-order chi connectivity index (χ0) is 20.2. The van der Waals surface area contributed by atoms with E-state index in [9.17, 15) is 9.18 Å². The lowest BCUT2D eigenvalue weighted by Gasteiger charge is -2.29. The average Bonchev–Trinajstić information content (AvgIpc) is 3.20. The zero-order valence-corrected chi connectivity index (χ0v) is 16.7. The van der Waals surface area contributed by atoms with E-state index in [1.165, 1.54) is 12.5 Å². The first-order chi connectivity index (χ1) is 14.2. The van der Waals surface area contributed by atoms with E-state index in [-0.39, 0.29) is 17.8 Å². The molecule has 152 valence electrons. The fourth-order valence-electron chi connectivity index (χ4n) is 4.07. The number of ether oxygens (including phenoxy) is 1. The molecule has 0 bridgehead atoms. The standard InChI is InChI=1S/C23H26FN3O2/c1-29-18-11-9-17(10-12-18)22-15-21(19-7-3-4-8-20(19)24)25-27(22)23(28)16-26-13-5-2-6-14-26/h3-4,7-12,22H,2,5-6,13-16H2,1H3/t22-/m1/s1. The van der Waals surface area contributed by atoms with Gasteiger partial charge in [-0.05, 0) is 49.7 Å². The monoisotopic (exact) mass is 395 g/mol. The topological polar surface area (TPSA) is 45.1 Å². The number of nitrogens with zero attached hydrogens (tertiary/aromatic N) is 3. The van der Waals surface area contributed by atoms with E-state index >= 15 is 0 Å². The van der Waals surface area contributed by atoms with Crippen molar-refractivity contribution in [3.63, 3.8) is 0 Å². The van der Waals surface area contributed by atoms with Crippen molar-refractivity contribution < 1.29 is 13.9 Å². The summed E-state index contributed by atoms with van der Waals surface area (Å²) in [6.07, 6.45) is 3.95. The molecule has 1 atom stereocenters. The van der Waals surface area contributed by atoms with E-state index in [2.05, 4.69) is 10.0 Å². The number of piperidine rings is 1. The Morgan fingerprint density at radius 1 is 1.10 bits per heavy atom. The summed E-state index contributed by atoms with van der Waals surface area (Å²) in [7, 11) is 1.62. The zero-order valence-electron chi connectivity index (χ0n) is 16.7. The van der Waals surface area contributed by atoms with Crippen LogP contribution in [-0.2, 0) is 4.79 Å². The lowest BCUT2D eigenvalue weighted by atomic mass is 9.98. The number of benzene rings is 2. The van der Waals surface area contributed by atoms with Crippen molar-refractivity contribution in [3.8, 4) is 5.75 Å². The minimum absolute atomic E-state index is 0.0425. The minimum atomic E-state index is -0.315. The highest BCUT2D eigenvalue weighted by atomic mass is 19.1. The largest absolute Gasteiger partial charge is 0.497 e. The van der Waals surface area contributed by atoms with E-state index in [1.807, 2.05) is 24.3 Å². The van der Waals surface area contributed by atoms with Crippen molar-refractivity contribution in [2.75, 3.05) is 26.7 Å². The highest BCUT2D eigenvalue weighted by molar-refractivity contribution is 6.03. The van der Waals surface area contributed by atoms with E-state index < -0.39 is 0 Å². The Balaban J connectivity index is 1.61. The van der Waals surface area contributed by atoms with Gasteiger partial charge in [0.2, 0.25) is 0 Å². The summed E-state index contributed by atoms with van der Waals surface area (Å²) in [5.41, 5.74) is 2.03. The number of hydrazone groups is 1. The van der Waals surface area contributed by atoms with E-state index in [1.54, 1.807) is 30.3 Å². The molecule has 2 aromatic rings. The van der Waals surface area contributed by atoms with E-state index in [4.69, 9.17) is 4.74 Å². The molecule has 2 aliphatic rings. The summed E-state index contributed by atoms with van der Waals surface area (Å²) in [6, 6.07) is 14.0. The maximum absolute atomic E-state index is 14.4. The van der Waals surface area contributed by atoms with Gasteiger partial charge in [0.05, 0.1) is 25.4 Å². The molecule has 0 aliphatic carbocycles. The molecule has 0 saturated carbocycles. The number of hydrogen-bond donors (Lipinski definition) is 0. The Morgan fingerprint density at radius 3 is 2.52 bits per heavy atom. The second-order valence-corrected chi connectivity index (χ2v) is 7.59. The van der Waals surface area contributed by atoms with Gasteiger partial charge in [-0.25, -0.2) is 9.40 Å². The van der Waals surface area contributed by atoms with Crippen LogP contribution in [0.4, 0.5) is 4.39 Å². The number of amides is 1. The summed E-state index contributed by atoms with van der Waals surface area (Å²) < 4.78 is 19.6. The second-order valence-electron chi connectivity index (χ2n) is 7.59. The van der Waals surface area contributed by atoms with Crippen molar-refractivity contribution in [3.05, 3.63) is 65.5 Å². The molecule has 0 N–H and O–H groups in total. The Bertz CT molecular complexity index is 891. The van der Waals surface area contributed by atoms with Gasteiger partial charge in [-0.3, -0.25) is 9.69 Å². The highest BCUT2D eigenvalue weighted by Crippen LogP contribution is 2.34. The number of likely N-dealkylation sites (tertiary alicyclic amines) is 1. The molecule has 2 heterocycles. The van der Waals surface area contributed by atoms with Gasteiger partial charge in [0, 0.05) is 12.0 Å². The number of methoxy groups -OCH3 is 1. The molecule has 1 saturated heterocycles. The normalized spacial score (nSPS) is 19.9. The Kier molecular flexibility index (Phi) is 5.90. The van der Waals surface area contributed by atoms with Crippen molar-refractivity contribution >= 4 is 11.6 Å². The molecule has 1 fully saturated rings. The summed E-state index contributed by atoms with van der Waals surface area (Å²) >= 11 is 0. The highest BCUT2D eigenvalue weighted by Gasteiger charge is 2.34. The Hall–Kier alpha value is -2.73. The molecule has 6 heteroatoms. The number of halogens is 1. The molecule has 0 spiro atoms. The van der Waals surface area contributed by atoms with Gasteiger partial charge in [0.25, 0.3) is 5.91 Å². The van der Waals surface area contributed by atoms with Gasteiger partial charge >= 0.3 is 0 Å². The van der Waals surface area contributed by atoms with Crippen LogP contribution in [0.2, 0.25) is 0 Å². The van der Waals surface area contributed by atoms with E-state index in [0.717, 1.165) is 37.2 Å². The molecule has 4 rings (SSSR count). The number of carbonyl (C=O) groups excluding carboxylic acids is 1. The van der Waals surface area contributed by atoms with Crippen LogP contribution in [0.1, 0.15) is 42.9 Å². The third kappa shape index (κ3) is 4.32. The van der Waals surface area contributed by atoms with Crippen LogP contribution in [0, 0.1) is 5.82 Å². The molecular formula is C23H26FN3O2. The first-order valence-corrected chi connectivity index (χ1v) is 10.2. The maximum Gasteiger partial charge on any atom is 0.257 e. The second kappa shape index (κ2) is 8.74. The van der Waals surface area contributed by atoms with Crippen LogP contribution in [0.3, 0.4) is 0 Å². The van der Waals surface area contributed by atoms with Crippen LogP contribution < -0.4 is 4.74 Å². The molecule has 2 aromatic carbocycles. The summed E-state index contributed by atoms with van der Waals surface area (Å²) in [5.74, 6) is 0.400. The Morgan fingerprint density at radius 2 is 1.83 bits per heavy atom.